The van der Waals surface area contributed by atoms with Crippen LogP contribution in [0.1, 0.15) is 37.7 Å². The molecule has 4 aliphatic rings. The van der Waals surface area contributed by atoms with Gasteiger partial charge in [-0.1, -0.05) is 0 Å². The van der Waals surface area contributed by atoms with Crippen molar-refractivity contribution in [3.8, 4) is 11.5 Å². The Morgan fingerprint density at radius 1 is 1.04 bits per heavy atom. The maximum absolute atomic E-state index is 12.5. The van der Waals surface area contributed by atoms with Crippen LogP contribution in [0.2, 0.25) is 0 Å². The van der Waals surface area contributed by atoms with Gasteiger partial charge < -0.3 is 14.8 Å². The predicted octanol–water partition coefficient (Wildman–Crippen LogP) is 3.66. The highest BCUT2D eigenvalue weighted by Crippen LogP contribution is 2.53. The molecule has 4 heteroatoms. The van der Waals surface area contributed by atoms with Gasteiger partial charge in [-0.25, -0.2) is 0 Å². The second-order valence-electron chi connectivity index (χ2n) is 7.91. The molecular weight excluding hydrogens is 314 g/mol. The number of hydrogen-bond acceptors (Lipinski definition) is 3. The lowest BCUT2D eigenvalue weighted by atomic mass is 9.54. The van der Waals surface area contributed by atoms with E-state index in [1.807, 2.05) is 24.3 Å². The summed E-state index contributed by atoms with van der Waals surface area (Å²) in [5, 5.41) is 3.30. The summed E-state index contributed by atoms with van der Waals surface area (Å²) in [5.41, 5.74) is 0.878. The lowest BCUT2D eigenvalue weighted by Crippen LogP contribution is -2.55. The summed E-state index contributed by atoms with van der Waals surface area (Å²) in [4.78, 5) is 12.5. The van der Waals surface area contributed by atoms with Crippen molar-refractivity contribution in [3.63, 3.8) is 0 Å². The van der Waals surface area contributed by atoms with Crippen molar-refractivity contribution in [2.75, 3.05) is 14.2 Å². The summed E-state index contributed by atoms with van der Waals surface area (Å²) in [6.07, 6.45) is 10.1. The van der Waals surface area contributed by atoms with Crippen LogP contribution < -0.4 is 14.8 Å². The molecule has 0 unspecified atom stereocenters. The van der Waals surface area contributed by atoms with Crippen LogP contribution in [-0.2, 0) is 4.79 Å². The minimum absolute atomic E-state index is 0.00958. The van der Waals surface area contributed by atoms with Gasteiger partial charge in [0.2, 0.25) is 5.91 Å². The zero-order valence-electron chi connectivity index (χ0n) is 15.0. The average molecular weight is 341 g/mol. The molecule has 0 saturated heterocycles. The minimum Gasteiger partial charge on any atom is -0.497 e. The molecule has 0 aliphatic heterocycles. The Labute approximate surface area is 149 Å². The summed E-state index contributed by atoms with van der Waals surface area (Å²) in [7, 11) is 3.25. The largest absolute Gasteiger partial charge is 0.497 e. The van der Waals surface area contributed by atoms with Gasteiger partial charge in [-0.05, 0) is 74.0 Å². The number of hydrogen-bond donors (Lipinski definition) is 1. The second-order valence-corrected chi connectivity index (χ2v) is 7.91. The zero-order chi connectivity index (χ0) is 17.4. The van der Waals surface area contributed by atoms with E-state index in [1.54, 1.807) is 20.3 Å². The van der Waals surface area contributed by atoms with E-state index < -0.39 is 0 Å². The molecule has 4 saturated carbocycles. The highest BCUT2D eigenvalue weighted by Gasteiger charge is 2.48. The third-order valence-corrected chi connectivity index (χ3v) is 6.39. The Kier molecular flexibility index (Phi) is 4.45. The van der Waals surface area contributed by atoms with Crippen molar-refractivity contribution in [3.05, 3.63) is 29.8 Å². The molecule has 4 bridgehead atoms. The number of carbonyl (C=O) groups excluding carboxylic acids is 1. The van der Waals surface area contributed by atoms with E-state index in [2.05, 4.69) is 5.32 Å². The van der Waals surface area contributed by atoms with Crippen molar-refractivity contribution in [1.29, 1.82) is 0 Å². The summed E-state index contributed by atoms with van der Waals surface area (Å²) in [6, 6.07) is 5.99. The van der Waals surface area contributed by atoms with Gasteiger partial charge in [0, 0.05) is 23.7 Å². The van der Waals surface area contributed by atoms with Crippen molar-refractivity contribution in [2.45, 2.75) is 38.1 Å². The third kappa shape index (κ3) is 3.26. The Hall–Kier alpha value is -1.97. The van der Waals surface area contributed by atoms with E-state index in [-0.39, 0.29) is 5.91 Å². The van der Waals surface area contributed by atoms with Gasteiger partial charge in [0.05, 0.1) is 14.2 Å². The molecule has 134 valence electrons. The normalized spacial score (nSPS) is 32.8. The van der Waals surface area contributed by atoms with Crippen molar-refractivity contribution < 1.29 is 14.3 Å². The molecule has 25 heavy (non-hydrogen) atoms. The lowest BCUT2D eigenvalue weighted by Gasteiger charge is -2.54. The van der Waals surface area contributed by atoms with Gasteiger partial charge in [-0.2, -0.15) is 0 Å². The Balaban J connectivity index is 1.41. The number of ether oxygens (including phenoxy) is 2. The van der Waals surface area contributed by atoms with Crippen LogP contribution >= 0.6 is 0 Å². The predicted molar refractivity (Wildman–Crippen MR) is 97.6 cm³/mol. The number of nitrogens with one attached hydrogen (secondary N) is 1. The molecule has 0 radical (unpaired) electrons. The summed E-state index contributed by atoms with van der Waals surface area (Å²) >= 11 is 0. The number of rotatable bonds is 5. The molecule has 1 amide bonds. The smallest absolute Gasteiger partial charge is 0.244 e. The van der Waals surface area contributed by atoms with Gasteiger partial charge >= 0.3 is 0 Å². The molecule has 4 fully saturated rings. The van der Waals surface area contributed by atoms with E-state index in [4.69, 9.17) is 9.47 Å². The van der Waals surface area contributed by atoms with Crippen molar-refractivity contribution in [1.82, 2.24) is 5.32 Å². The van der Waals surface area contributed by atoms with Crippen LogP contribution in [0.3, 0.4) is 0 Å². The molecule has 1 aromatic carbocycles. The molecule has 4 aliphatic carbocycles. The van der Waals surface area contributed by atoms with E-state index in [0.29, 0.717) is 23.6 Å². The van der Waals surface area contributed by atoms with Crippen molar-refractivity contribution >= 4 is 12.0 Å². The van der Waals surface area contributed by atoms with Crippen molar-refractivity contribution in [2.24, 2.45) is 23.7 Å². The van der Waals surface area contributed by atoms with Gasteiger partial charge in [-0.3, -0.25) is 4.79 Å². The molecule has 0 aromatic heterocycles. The third-order valence-electron chi connectivity index (χ3n) is 6.39. The highest BCUT2D eigenvalue weighted by atomic mass is 16.5. The fourth-order valence-electron chi connectivity index (χ4n) is 5.49. The van der Waals surface area contributed by atoms with Crippen LogP contribution in [0, 0.1) is 23.7 Å². The first-order valence-corrected chi connectivity index (χ1v) is 9.37. The number of carbonyl (C=O) groups is 1. The lowest BCUT2D eigenvalue weighted by molar-refractivity contribution is -0.120. The minimum atomic E-state index is 0.00958. The first-order valence-electron chi connectivity index (χ1n) is 9.37. The van der Waals surface area contributed by atoms with Gasteiger partial charge in [0.1, 0.15) is 11.5 Å². The molecular formula is C21H27NO3. The molecule has 0 atom stereocenters. The fraction of sp³-hybridized carbons (Fsp3) is 0.571. The van der Waals surface area contributed by atoms with Crippen LogP contribution in [0.4, 0.5) is 0 Å². The molecule has 4 nitrogen and oxygen atoms in total. The maximum atomic E-state index is 12.5. The zero-order valence-corrected chi connectivity index (χ0v) is 15.0. The molecule has 0 heterocycles. The molecule has 0 spiro atoms. The van der Waals surface area contributed by atoms with Crippen LogP contribution in [-0.4, -0.2) is 26.2 Å². The highest BCUT2D eigenvalue weighted by molar-refractivity contribution is 5.92. The Morgan fingerprint density at radius 2 is 1.72 bits per heavy atom. The van der Waals surface area contributed by atoms with Crippen LogP contribution in [0.25, 0.3) is 6.08 Å². The summed E-state index contributed by atoms with van der Waals surface area (Å²) in [5.74, 6) is 4.71. The quantitative estimate of drug-likeness (QED) is 0.832. The number of amides is 1. The Morgan fingerprint density at radius 3 is 2.32 bits per heavy atom. The maximum Gasteiger partial charge on any atom is 0.244 e. The van der Waals surface area contributed by atoms with Gasteiger partial charge in [-0.15, -0.1) is 0 Å². The first-order chi connectivity index (χ1) is 12.2. The number of benzene rings is 1. The fourth-order valence-corrected chi connectivity index (χ4v) is 5.49. The number of methoxy groups -OCH3 is 2. The Bertz CT molecular complexity index is 654. The molecule has 1 aromatic rings. The topological polar surface area (TPSA) is 47.6 Å². The second kappa shape index (κ2) is 6.74. The average Bonchev–Trinajstić information content (AvgIpc) is 2.62. The van der Waals surface area contributed by atoms with E-state index >= 15 is 0 Å². The summed E-state index contributed by atoms with van der Waals surface area (Å²) < 4.78 is 10.6. The van der Waals surface area contributed by atoms with Crippen LogP contribution in [0.15, 0.2) is 24.3 Å². The molecule has 1 N–H and O–H groups in total. The monoisotopic (exact) mass is 341 g/mol. The molecule has 5 rings (SSSR count). The van der Waals surface area contributed by atoms with E-state index in [1.165, 1.54) is 32.1 Å². The van der Waals surface area contributed by atoms with E-state index in [0.717, 1.165) is 23.1 Å². The summed E-state index contributed by atoms with van der Waals surface area (Å²) in [6.45, 7) is 0. The SMILES string of the molecule is COc1ccc(/C=C/C(=O)NC2C3CC4CC(C3)CC2C4)c(OC)c1. The van der Waals surface area contributed by atoms with Gasteiger partial charge in [0.15, 0.2) is 0 Å². The van der Waals surface area contributed by atoms with Crippen LogP contribution in [0.5, 0.6) is 11.5 Å². The standard InChI is InChI=1S/C21H27NO3/c1-24-18-5-3-15(19(12-18)25-2)4-6-20(23)22-21-16-8-13-7-14(10-16)11-17(21)9-13/h3-6,12-14,16-17,21H,7-11H2,1-2H3,(H,22,23)/b6-4+. The van der Waals surface area contributed by atoms with Gasteiger partial charge in [0.25, 0.3) is 0 Å². The van der Waals surface area contributed by atoms with E-state index in [9.17, 15) is 4.79 Å². The first kappa shape index (κ1) is 16.5.